The van der Waals surface area contributed by atoms with Gasteiger partial charge in [-0.1, -0.05) is 41.7 Å². The predicted octanol–water partition coefficient (Wildman–Crippen LogP) is 5.63. The van der Waals surface area contributed by atoms with Crippen LogP contribution in [0.4, 0.5) is 13.2 Å². The summed E-state index contributed by atoms with van der Waals surface area (Å²) in [5.41, 5.74) is 2.30. The van der Waals surface area contributed by atoms with E-state index in [2.05, 4.69) is 10.2 Å². The van der Waals surface area contributed by atoms with Gasteiger partial charge < -0.3 is 4.74 Å². The van der Waals surface area contributed by atoms with Crippen molar-refractivity contribution in [2.24, 2.45) is 0 Å². The van der Waals surface area contributed by atoms with Crippen molar-refractivity contribution < 1.29 is 17.9 Å². The zero-order chi connectivity index (χ0) is 18.4. The molecule has 0 spiro atoms. The van der Waals surface area contributed by atoms with Gasteiger partial charge in [-0.15, -0.1) is 10.2 Å². The number of unbranched alkanes of at least 4 members (excludes halogenated alkanes) is 1. The third-order valence-electron chi connectivity index (χ3n) is 3.85. The van der Waals surface area contributed by atoms with Crippen LogP contribution in [0.5, 0.6) is 5.75 Å². The van der Waals surface area contributed by atoms with E-state index >= 15 is 0 Å². The highest BCUT2D eigenvalue weighted by Gasteiger charge is 2.35. The number of ether oxygens (including phenoxy) is 1. The van der Waals surface area contributed by atoms with E-state index in [4.69, 9.17) is 4.74 Å². The summed E-state index contributed by atoms with van der Waals surface area (Å²) < 4.78 is 45.5. The van der Waals surface area contributed by atoms with E-state index in [-0.39, 0.29) is 12.4 Å². The molecule has 0 saturated carbocycles. The van der Waals surface area contributed by atoms with Crippen LogP contribution in [-0.2, 0) is 12.6 Å². The molecule has 0 fully saturated rings. The van der Waals surface area contributed by atoms with Crippen molar-refractivity contribution in [2.75, 3.05) is 6.61 Å². The largest absolute Gasteiger partial charge is 0.493 e. The average Bonchev–Trinajstić information content (AvgIpc) is 3.16. The molecule has 0 unspecified atom stereocenters. The van der Waals surface area contributed by atoms with Gasteiger partial charge in [-0.3, -0.25) is 0 Å². The average molecular weight is 378 g/mol. The Bertz CT molecular complexity index is 821. The molecule has 3 nitrogen and oxygen atoms in total. The smallest absolute Gasteiger partial charge is 0.419 e. The lowest BCUT2D eigenvalue weighted by Gasteiger charge is -2.15. The molecule has 0 atom stereocenters. The molecule has 7 heteroatoms. The van der Waals surface area contributed by atoms with E-state index in [1.54, 1.807) is 6.07 Å². The lowest BCUT2D eigenvalue weighted by atomic mass is 10.1. The number of nitrogens with zero attached hydrogens (tertiary/aromatic N) is 2. The molecular formula is C19H17F3N2OS. The number of benzene rings is 2. The molecule has 1 heterocycles. The minimum atomic E-state index is -4.49. The van der Waals surface area contributed by atoms with Crippen molar-refractivity contribution in [3.63, 3.8) is 0 Å². The molecule has 0 aliphatic heterocycles. The summed E-state index contributed by atoms with van der Waals surface area (Å²) in [6, 6.07) is 14.0. The number of aromatic nitrogens is 2. The van der Waals surface area contributed by atoms with E-state index in [9.17, 15) is 13.2 Å². The summed E-state index contributed by atoms with van der Waals surface area (Å²) in [6.07, 6.45) is -2.06. The molecule has 136 valence electrons. The Morgan fingerprint density at radius 2 is 1.81 bits per heavy atom. The Labute approximate surface area is 153 Å². The van der Waals surface area contributed by atoms with Crippen molar-refractivity contribution in [1.29, 1.82) is 0 Å². The molecule has 0 radical (unpaired) electrons. The maximum Gasteiger partial charge on any atom is 0.419 e. The standard InChI is InChI=1S/C19H17F3N2OS/c20-19(21,22)16-12-15(18-24-23-13-26-18)9-10-17(16)25-11-5-4-8-14-6-2-1-3-7-14/h1-3,6-7,9-10,12-13H,4-5,8,11H2. The molecule has 0 amide bonds. The van der Waals surface area contributed by atoms with Gasteiger partial charge in [0.15, 0.2) is 0 Å². The lowest BCUT2D eigenvalue weighted by molar-refractivity contribution is -0.138. The number of aryl methyl sites for hydroxylation is 1. The normalized spacial score (nSPS) is 11.5. The summed E-state index contributed by atoms with van der Waals surface area (Å²) in [5, 5.41) is 7.93. The highest BCUT2D eigenvalue weighted by atomic mass is 32.1. The zero-order valence-electron chi connectivity index (χ0n) is 13.9. The van der Waals surface area contributed by atoms with Crippen molar-refractivity contribution in [3.05, 3.63) is 65.2 Å². The van der Waals surface area contributed by atoms with Gasteiger partial charge in [0.05, 0.1) is 12.2 Å². The van der Waals surface area contributed by atoms with Crippen molar-refractivity contribution >= 4 is 11.3 Å². The molecule has 0 N–H and O–H groups in total. The first kappa shape index (κ1) is 18.4. The fraction of sp³-hybridized carbons (Fsp3) is 0.263. The molecule has 1 aromatic heterocycles. The maximum absolute atomic E-state index is 13.4. The van der Waals surface area contributed by atoms with Crippen molar-refractivity contribution in [2.45, 2.75) is 25.4 Å². The number of rotatable bonds is 7. The number of alkyl halides is 3. The van der Waals surface area contributed by atoms with Crippen LogP contribution in [0.2, 0.25) is 0 Å². The molecule has 2 aromatic carbocycles. The second kappa shape index (κ2) is 8.31. The maximum atomic E-state index is 13.4. The van der Waals surface area contributed by atoms with E-state index in [1.807, 2.05) is 30.3 Å². The predicted molar refractivity (Wildman–Crippen MR) is 95.2 cm³/mol. The van der Waals surface area contributed by atoms with Crippen molar-refractivity contribution in [3.8, 4) is 16.3 Å². The Morgan fingerprint density at radius 1 is 1.00 bits per heavy atom. The Kier molecular flexibility index (Phi) is 5.88. The number of halogens is 3. The molecular weight excluding hydrogens is 361 g/mol. The van der Waals surface area contributed by atoms with Crippen molar-refractivity contribution in [1.82, 2.24) is 10.2 Å². The van der Waals surface area contributed by atoms with E-state index in [1.165, 1.54) is 28.5 Å². The van der Waals surface area contributed by atoms with Crippen LogP contribution in [-0.4, -0.2) is 16.8 Å². The number of hydrogen-bond donors (Lipinski definition) is 0. The molecule has 3 aromatic rings. The van der Waals surface area contributed by atoms with Gasteiger partial charge in [-0.2, -0.15) is 13.2 Å². The van der Waals surface area contributed by atoms with Crippen LogP contribution in [0.1, 0.15) is 24.0 Å². The van der Waals surface area contributed by atoms with Gasteiger partial charge in [-0.25, -0.2) is 0 Å². The topological polar surface area (TPSA) is 35.0 Å². The first-order valence-corrected chi connectivity index (χ1v) is 9.06. The fourth-order valence-corrected chi connectivity index (χ4v) is 3.12. The molecule has 0 bridgehead atoms. The quantitative estimate of drug-likeness (QED) is 0.500. The first-order valence-electron chi connectivity index (χ1n) is 8.18. The zero-order valence-corrected chi connectivity index (χ0v) is 14.7. The second-order valence-electron chi connectivity index (χ2n) is 5.74. The lowest BCUT2D eigenvalue weighted by Crippen LogP contribution is -2.10. The Morgan fingerprint density at radius 3 is 2.50 bits per heavy atom. The monoisotopic (exact) mass is 378 g/mol. The molecule has 26 heavy (non-hydrogen) atoms. The van der Waals surface area contributed by atoms with Gasteiger partial charge in [-0.05, 0) is 43.0 Å². The molecule has 0 aliphatic rings. The fourth-order valence-electron chi connectivity index (χ4n) is 2.57. The van der Waals surface area contributed by atoms with Gasteiger partial charge in [0, 0.05) is 5.56 Å². The van der Waals surface area contributed by atoms with Crippen LogP contribution >= 0.6 is 11.3 Å². The van der Waals surface area contributed by atoms with Gasteiger partial charge >= 0.3 is 6.18 Å². The van der Waals surface area contributed by atoms with E-state index < -0.39 is 11.7 Å². The van der Waals surface area contributed by atoms with Crippen LogP contribution in [0, 0.1) is 0 Å². The van der Waals surface area contributed by atoms with E-state index in [0.29, 0.717) is 17.0 Å². The van der Waals surface area contributed by atoms with Gasteiger partial charge in [0.2, 0.25) is 0 Å². The third-order valence-corrected chi connectivity index (χ3v) is 4.59. The second-order valence-corrected chi connectivity index (χ2v) is 6.58. The summed E-state index contributed by atoms with van der Waals surface area (Å²) in [5.74, 6) is -0.148. The SMILES string of the molecule is FC(F)(F)c1cc(-c2nncs2)ccc1OCCCCc1ccccc1. The molecule has 0 aliphatic carbocycles. The highest BCUT2D eigenvalue weighted by Crippen LogP contribution is 2.39. The minimum Gasteiger partial charge on any atom is -0.493 e. The van der Waals surface area contributed by atoms with Gasteiger partial charge in [0.25, 0.3) is 0 Å². The Balaban J connectivity index is 1.61. The molecule has 0 saturated heterocycles. The van der Waals surface area contributed by atoms with E-state index in [0.717, 1.165) is 18.9 Å². The summed E-state index contributed by atoms with van der Waals surface area (Å²) in [4.78, 5) is 0. The number of hydrogen-bond acceptors (Lipinski definition) is 4. The third kappa shape index (κ3) is 4.82. The summed E-state index contributed by atoms with van der Waals surface area (Å²) >= 11 is 1.19. The van der Waals surface area contributed by atoms with Crippen LogP contribution in [0.3, 0.4) is 0 Å². The highest BCUT2D eigenvalue weighted by molar-refractivity contribution is 7.12. The first-order chi connectivity index (χ1) is 12.5. The Hall–Kier alpha value is -2.41. The van der Waals surface area contributed by atoms with Crippen LogP contribution in [0.25, 0.3) is 10.6 Å². The van der Waals surface area contributed by atoms with Gasteiger partial charge in [0.1, 0.15) is 16.3 Å². The summed E-state index contributed by atoms with van der Waals surface area (Å²) in [7, 11) is 0. The molecule has 3 rings (SSSR count). The summed E-state index contributed by atoms with van der Waals surface area (Å²) in [6.45, 7) is 0.244. The minimum absolute atomic E-state index is 0.148. The van der Waals surface area contributed by atoms with Crippen LogP contribution < -0.4 is 4.74 Å². The van der Waals surface area contributed by atoms with Crippen LogP contribution in [0.15, 0.2) is 54.0 Å².